The van der Waals surface area contributed by atoms with E-state index in [1.165, 1.54) is 0 Å². The van der Waals surface area contributed by atoms with Crippen LogP contribution in [-0.2, 0) is 4.79 Å². The molecule has 2 N–H and O–H groups in total. The number of likely N-dealkylation sites (tertiary alicyclic amines) is 1. The number of halogens is 1. The van der Waals surface area contributed by atoms with E-state index in [9.17, 15) is 4.79 Å². The van der Waals surface area contributed by atoms with E-state index in [4.69, 9.17) is 11.6 Å². The van der Waals surface area contributed by atoms with Gasteiger partial charge >= 0.3 is 0 Å². The molecule has 27 heavy (non-hydrogen) atoms. The van der Waals surface area contributed by atoms with E-state index < -0.39 is 0 Å². The SMILES string of the molecule is CN(c1cn[nH]c1)c1ncc(Cl)c(NCC2CCN([C@H](C=O)N(C)C)C2)n1. The Morgan fingerprint density at radius 2 is 2.26 bits per heavy atom. The van der Waals surface area contributed by atoms with Crippen LogP contribution in [0.25, 0.3) is 0 Å². The zero-order valence-electron chi connectivity index (χ0n) is 15.8. The van der Waals surface area contributed by atoms with Crippen molar-refractivity contribution in [2.45, 2.75) is 12.6 Å². The highest BCUT2D eigenvalue weighted by atomic mass is 35.5. The van der Waals surface area contributed by atoms with Crippen LogP contribution in [0.15, 0.2) is 18.6 Å². The number of anilines is 3. The molecule has 0 saturated carbocycles. The lowest BCUT2D eigenvalue weighted by Crippen LogP contribution is -2.45. The van der Waals surface area contributed by atoms with E-state index in [0.717, 1.165) is 38.0 Å². The largest absolute Gasteiger partial charge is 0.368 e. The molecule has 2 aromatic heterocycles. The van der Waals surface area contributed by atoms with E-state index in [0.29, 0.717) is 22.7 Å². The molecule has 2 atom stereocenters. The molecule has 0 amide bonds. The Labute approximate surface area is 163 Å². The molecule has 9 nitrogen and oxygen atoms in total. The van der Waals surface area contributed by atoms with Gasteiger partial charge in [0.05, 0.1) is 18.1 Å². The van der Waals surface area contributed by atoms with Crippen LogP contribution >= 0.6 is 11.6 Å². The fourth-order valence-electron chi connectivity index (χ4n) is 3.23. The molecule has 10 heteroatoms. The van der Waals surface area contributed by atoms with E-state index in [1.54, 1.807) is 18.6 Å². The highest BCUT2D eigenvalue weighted by Gasteiger charge is 2.29. The molecule has 1 unspecified atom stereocenters. The van der Waals surface area contributed by atoms with Gasteiger partial charge in [0.2, 0.25) is 5.95 Å². The zero-order chi connectivity index (χ0) is 19.4. The van der Waals surface area contributed by atoms with Crippen molar-refractivity contribution in [1.29, 1.82) is 0 Å². The summed E-state index contributed by atoms with van der Waals surface area (Å²) >= 11 is 6.27. The molecular weight excluding hydrogens is 368 g/mol. The summed E-state index contributed by atoms with van der Waals surface area (Å²) in [6.07, 6.45) is 6.91. The van der Waals surface area contributed by atoms with Gasteiger partial charge in [0, 0.05) is 32.9 Å². The highest BCUT2D eigenvalue weighted by molar-refractivity contribution is 6.32. The van der Waals surface area contributed by atoms with Crippen LogP contribution in [0.3, 0.4) is 0 Å². The number of rotatable bonds is 8. The summed E-state index contributed by atoms with van der Waals surface area (Å²) < 4.78 is 0. The van der Waals surface area contributed by atoms with Crippen molar-refractivity contribution in [3.63, 3.8) is 0 Å². The number of aromatic amines is 1. The standard InChI is InChI=1S/C17H25ClN8O/c1-24(2)15(11-27)26-5-4-12(10-26)6-19-16-14(18)9-20-17(23-16)25(3)13-7-21-22-8-13/h7-9,11-12,15H,4-6,10H2,1-3H3,(H,21,22)(H,19,20,23)/t12?,15-/m1/s1. The number of nitrogens with one attached hydrogen (secondary N) is 2. The van der Waals surface area contributed by atoms with E-state index >= 15 is 0 Å². The summed E-state index contributed by atoms with van der Waals surface area (Å²) in [6, 6.07) is 0. The third-order valence-corrected chi connectivity index (χ3v) is 5.08. The minimum absolute atomic E-state index is 0.173. The maximum Gasteiger partial charge on any atom is 0.231 e. The van der Waals surface area contributed by atoms with Gasteiger partial charge in [-0.15, -0.1) is 0 Å². The molecule has 0 spiro atoms. The first-order valence-electron chi connectivity index (χ1n) is 8.84. The maximum atomic E-state index is 11.3. The Bertz CT molecular complexity index is 753. The predicted molar refractivity (Wildman–Crippen MR) is 105 cm³/mol. The molecule has 1 fully saturated rings. The minimum atomic E-state index is -0.173. The molecular formula is C17H25ClN8O. The fourth-order valence-corrected chi connectivity index (χ4v) is 3.39. The van der Waals surface area contributed by atoms with Crippen LogP contribution in [-0.4, -0.2) is 83.2 Å². The van der Waals surface area contributed by atoms with Gasteiger partial charge in [-0.25, -0.2) is 4.98 Å². The van der Waals surface area contributed by atoms with Gasteiger partial charge < -0.3 is 15.0 Å². The van der Waals surface area contributed by atoms with Crippen molar-refractivity contribution >= 4 is 35.3 Å². The van der Waals surface area contributed by atoms with Crippen molar-refractivity contribution in [3.05, 3.63) is 23.6 Å². The molecule has 2 aromatic rings. The van der Waals surface area contributed by atoms with Crippen LogP contribution in [0.4, 0.5) is 17.5 Å². The van der Waals surface area contributed by atoms with Crippen molar-refractivity contribution in [2.75, 3.05) is 51.0 Å². The molecule has 0 radical (unpaired) electrons. The minimum Gasteiger partial charge on any atom is -0.368 e. The molecule has 0 aliphatic carbocycles. The van der Waals surface area contributed by atoms with Gasteiger partial charge in [0.1, 0.15) is 11.2 Å². The fraction of sp³-hybridized carbons (Fsp3) is 0.529. The van der Waals surface area contributed by atoms with Gasteiger partial charge in [-0.1, -0.05) is 11.6 Å². The summed E-state index contributed by atoms with van der Waals surface area (Å²) in [5.41, 5.74) is 0.860. The van der Waals surface area contributed by atoms with Gasteiger partial charge in [0.25, 0.3) is 0 Å². The second-order valence-electron chi connectivity index (χ2n) is 6.93. The average molecular weight is 393 g/mol. The van der Waals surface area contributed by atoms with Crippen molar-refractivity contribution < 1.29 is 4.79 Å². The zero-order valence-corrected chi connectivity index (χ0v) is 16.5. The number of nitrogens with zero attached hydrogens (tertiary/aromatic N) is 6. The number of carbonyl (C=O) groups is 1. The lowest BCUT2D eigenvalue weighted by Gasteiger charge is -2.28. The smallest absolute Gasteiger partial charge is 0.231 e. The summed E-state index contributed by atoms with van der Waals surface area (Å²) in [5.74, 6) is 1.56. The van der Waals surface area contributed by atoms with E-state index in [2.05, 4.69) is 30.4 Å². The predicted octanol–water partition coefficient (Wildman–Crippen LogP) is 1.44. The average Bonchev–Trinajstić information content (AvgIpc) is 3.33. The molecule has 1 aliphatic rings. The number of aromatic nitrogens is 4. The van der Waals surface area contributed by atoms with Gasteiger partial charge in [-0.05, 0) is 26.4 Å². The number of hydrogen-bond donors (Lipinski definition) is 2. The topological polar surface area (TPSA) is 93.3 Å². The van der Waals surface area contributed by atoms with Crippen LogP contribution in [0.5, 0.6) is 0 Å². The van der Waals surface area contributed by atoms with E-state index in [-0.39, 0.29) is 6.17 Å². The number of aldehydes is 1. The van der Waals surface area contributed by atoms with Gasteiger partial charge in [-0.2, -0.15) is 10.1 Å². The molecule has 0 bridgehead atoms. The molecule has 3 heterocycles. The summed E-state index contributed by atoms with van der Waals surface area (Å²) in [5, 5.41) is 10.5. The van der Waals surface area contributed by atoms with Crippen LogP contribution in [0.1, 0.15) is 6.42 Å². The summed E-state index contributed by atoms with van der Waals surface area (Å²) in [4.78, 5) is 26.1. The van der Waals surface area contributed by atoms with Crippen molar-refractivity contribution in [1.82, 2.24) is 30.0 Å². The van der Waals surface area contributed by atoms with Crippen LogP contribution < -0.4 is 10.2 Å². The third kappa shape index (κ3) is 4.55. The molecule has 146 valence electrons. The maximum absolute atomic E-state index is 11.3. The first-order valence-corrected chi connectivity index (χ1v) is 9.22. The Kier molecular flexibility index (Phi) is 6.25. The second kappa shape index (κ2) is 8.64. The third-order valence-electron chi connectivity index (χ3n) is 4.80. The first kappa shape index (κ1) is 19.5. The lowest BCUT2D eigenvalue weighted by molar-refractivity contribution is -0.116. The molecule has 1 aliphatic heterocycles. The monoisotopic (exact) mass is 392 g/mol. The second-order valence-corrected chi connectivity index (χ2v) is 7.33. The molecule has 1 saturated heterocycles. The van der Waals surface area contributed by atoms with Gasteiger partial charge in [-0.3, -0.25) is 14.9 Å². The number of carbonyl (C=O) groups excluding carboxylic acids is 1. The normalized spacial score (nSPS) is 18.6. The Hall–Kier alpha value is -2.23. The first-order chi connectivity index (χ1) is 13.0. The molecule has 3 rings (SSSR count). The number of likely N-dealkylation sites (N-methyl/N-ethyl adjacent to an activating group) is 1. The number of H-pyrrole nitrogens is 1. The van der Waals surface area contributed by atoms with Gasteiger partial charge in [0.15, 0.2) is 12.1 Å². The van der Waals surface area contributed by atoms with Crippen LogP contribution in [0.2, 0.25) is 5.02 Å². The Balaban J connectivity index is 1.61. The highest BCUT2D eigenvalue weighted by Crippen LogP contribution is 2.25. The van der Waals surface area contributed by atoms with Crippen LogP contribution in [0, 0.1) is 5.92 Å². The van der Waals surface area contributed by atoms with E-state index in [1.807, 2.05) is 30.9 Å². The van der Waals surface area contributed by atoms with Crippen molar-refractivity contribution in [3.8, 4) is 0 Å². The summed E-state index contributed by atoms with van der Waals surface area (Å²) in [6.45, 7) is 2.50. The lowest BCUT2D eigenvalue weighted by atomic mass is 10.1. The summed E-state index contributed by atoms with van der Waals surface area (Å²) in [7, 11) is 5.71. The van der Waals surface area contributed by atoms with Crippen molar-refractivity contribution in [2.24, 2.45) is 5.92 Å². The Morgan fingerprint density at radius 1 is 1.44 bits per heavy atom. The Morgan fingerprint density at radius 3 is 2.93 bits per heavy atom. The molecule has 0 aromatic carbocycles. The quantitative estimate of drug-likeness (QED) is 0.652. The number of hydrogen-bond acceptors (Lipinski definition) is 8.